The average Bonchev–Trinajstić information content (AvgIpc) is 3.17. The first-order valence-corrected chi connectivity index (χ1v) is 11.4. The third-order valence-electron chi connectivity index (χ3n) is 5.83. The van der Waals surface area contributed by atoms with E-state index in [9.17, 15) is 9.18 Å². The van der Waals surface area contributed by atoms with Crippen molar-refractivity contribution in [1.82, 2.24) is 9.97 Å². The van der Waals surface area contributed by atoms with E-state index in [4.69, 9.17) is 18.9 Å². The van der Waals surface area contributed by atoms with Crippen LogP contribution < -0.4 is 10.1 Å². The molecule has 1 aromatic carbocycles. The summed E-state index contributed by atoms with van der Waals surface area (Å²) in [6, 6.07) is 4.30. The van der Waals surface area contributed by atoms with Gasteiger partial charge in [-0.25, -0.2) is 19.2 Å². The molecule has 2 heterocycles. The van der Waals surface area contributed by atoms with E-state index in [1.807, 2.05) is 6.92 Å². The number of esters is 1. The van der Waals surface area contributed by atoms with Gasteiger partial charge in [-0.1, -0.05) is 0 Å². The first-order chi connectivity index (χ1) is 15.9. The Hall–Kier alpha value is -2.82. The molecular formula is C23H26FN3O5S. The molecule has 1 N–H and O–H groups in total. The molecule has 0 spiro atoms. The lowest BCUT2D eigenvalue weighted by atomic mass is 9.92. The zero-order valence-corrected chi connectivity index (χ0v) is 19.7. The summed E-state index contributed by atoms with van der Waals surface area (Å²) in [7, 11) is 4.68. The van der Waals surface area contributed by atoms with E-state index in [2.05, 4.69) is 15.3 Å². The second kappa shape index (κ2) is 9.98. The van der Waals surface area contributed by atoms with Crippen LogP contribution in [0.15, 0.2) is 24.5 Å². The second-order valence-electron chi connectivity index (χ2n) is 7.88. The van der Waals surface area contributed by atoms with Crippen molar-refractivity contribution in [2.75, 3.05) is 26.6 Å². The summed E-state index contributed by atoms with van der Waals surface area (Å²) >= 11 is 1.24. The monoisotopic (exact) mass is 475 g/mol. The predicted molar refractivity (Wildman–Crippen MR) is 123 cm³/mol. The molecule has 1 saturated carbocycles. The number of carbonyl (C=O) groups is 1. The molecule has 0 bridgehead atoms. The van der Waals surface area contributed by atoms with E-state index in [1.165, 1.54) is 36.9 Å². The number of fused-ring (bicyclic) bond motifs is 1. The van der Waals surface area contributed by atoms with Gasteiger partial charge in [0.05, 0.1) is 30.4 Å². The number of rotatable bonds is 7. The van der Waals surface area contributed by atoms with E-state index in [0.717, 1.165) is 6.42 Å². The number of anilines is 2. The molecule has 1 fully saturated rings. The molecule has 33 heavy (non-hydrogen) atoms. The summed E-state index contributed by atoms with van der Waals surface area (Å²) in [5.74, 6) is 0.0170. The molecule has 3 atom stereocenters. The van der Waals surface area contributed by atoms with Crippen molar-refractivity contribution in [3.8, 4) is 5.75 Å². The van der Waals surface area contributed by atoms with Gasteiger partial charge in [0.1, 0.15) is 39.5 Å². The van der Waals surface area contributed by atoms with Gasteiger partial charge in [-0.05, 0) is 24.6 Å². The van der Waals surface area contributed by atoms with Crippen LogP contribution in [-0.4, -0.2) is 55.6 Å². The van der Waals surface area contributed by atoms with Crippen molar-refractivity contribution >= 4 is 39.0 Å². The molecule has 176 valence electrons. The highest BCUT2D eigenvalue weighted by molar-refractivity contribution is 7.20. The van der Waals surface area contributed by atoms with Gasteiger partial charge in [0.2, 0.25) is 0 Å². The number of thiophene rings is 1. The van der Waals surface area contributed by atoms with Gasteiger partial charge in [-0.3, -0.25) is 0 Å². The number of aromatic nitrogens is 2. The predicted octanol–water partition coefficient (Wildman–Crippen LogP) is 4.63. The number of benzene rings is 1. The Morgan fingerprint density at radius 3 is 2.45 bits per heavy atom. The fourth-order valence-corrected chi connectivity index (χ4v) is 5.17. The van der Waals surface area contributed by atoms with Crippen LogP contribution in [0.1, 0.15) is 34.5 Å². The zero-order chi connectivity index (χ0) is 23.5. The van der Waals surface area contributed by atoms with Crippen molar-refractivity contribution in [3.05, 3.63) is 40.8 Å². The Labute approximate surface area is 195 Å². The maximum absolute atomic E-state index is 14.1. The van der Waals surface area contributed by atoms with Crippen molar-refractivity contribution in [2.45, 2.75) is 44.5 Å². The van der Waals surface area contributed by atoms with Crippen LogP contribution in [0.25, 0.3) is 10.2 Å². The number of hydrogen-bond donors (Lipinski definition) is 1. The van der Waals surface area contributed by atoms with Gasteiger partial charge in [0, 0.05) is 39.5 Å². The largest absolute Gasteiger partial charge is 0.488 e. The van der Waals surface area contributed by atoms with Crippen molar-refractivity contribution < 1.29 is 28.1 Å². The lowest BCUT2D eigenvalue weighted by molar-refractivity contribution is -0.0498. The van der Waals surface area contributed by atoms with Gasteiger partial charge in [-0.15, -0.1) is 11.3 Å². The second-order valence-corrected chi connectivity index (χ2v) is 8.88. The van der Waals surface area contributed by atoms with Crippen LogP contribution in [-0.2, 0) is 14.2 Å². The minimum Gasteiger partial charge on any atom is -0.488 e. The fourth-order valence-electron chi connectivity index (χ4n) is 4.11. The van der Waals surface area contributed by atoms with E-state index < -0.39 is 11.8 Å². The lowest BCUT2D eigenvalue weighted by Gasteiger charge is -2.34. The molecular weight excluding hydrogens is 449 g/mol. The summed E-state index contributed by atoms with van der Waals surface area (Å²) in [4.78, 5) is 21.9. The van der Waals surface area contributed by atoms with Crippen LogP contribution >= 0.6 is 11.3 Å². The fraction of sp³-hybridized carbons (Fsp3) is 0.435. The highest BCUT2D eigenvalue weighted by atomic mass is 32.1. The van der Waals surface area contributed by atoms with Crippen molar-refractivity contribution in [3.63, 3.8) is 0 Å². The number of nitrogens with one attached hydrogen (secondary N) is 1. The van der Waals surface area contributed by atoms with Gasteiger partial charge in [-0.2, -0.15) is 0 Å². The summed E-state index contributed by atoms with van der Waals surface area (Å²) in [6.07, 6.45) is 3.37. The first-order valence-electron chi connectivity index (χ1n) is 10.5. The Kier molecular flexibility index (Phi) is 7.06. The molecule has 10 heteroatoms. The Bertz CT molecular complexity index is 1140. The zero-order valence-electron chi connectivity index (χ0n) is 18.9. The minimum atomic E-state index is -0.426. The van der Waals surface area contributed by atoms with Gasteiger partial charge in [0.15, 0.2) is 0 Å². The lowest BCUT2D eigenvalue weighted by Crippen LogP contribution is -2.38. The molecule has 1 aliphatic carbocycles. The van der Waals surface area contributed by atoms with Crippen LogP contribution in [0.3, 0.4) is 0 Å². The van der Waals surface area contributed by atoms with Gasteiger partial charge in [0.25, 0.3) is 0 Å². The quantitative estimate of drug-likeness (QED) is 0.495. The Morgan fingerprint density at radius 2 is 1.79 bits per heavy atom. The number of ether oxygens (including phenoxy) is 4. The molecule has 3 aromatic rings. The number of aryl methyl sites for hydroxylation is 1. The maximum Gasteiger partial charge on any atom is 0.348 e. The number of nitrogens with zero attached hydrogens (tertiary/aromatic N) is 2. The van der Waals surface area contributed by atoms with Gasteiger partial charge >= 0.3 is 5.97 Å². The van der Waals surface area contributed by atoms with E-state index in [1.54, 1.807) is 20.3 Å². The molecule has 0 aliphatic heterocycles. The van der Waals surface area contributed by atoms with Crippen LogP contribution in [0.4, 0.5) is 15.9 Å². The molecule has 0 radical (unpaired) electrons. The van der Waals surface area contributed by atoms with E-state index in [-0.39, 0.29) is 18.3 Å². The van der Waals surface area contributed by atoms with Crippen LogP contribution in [0, 0.1) is 12.7 Å². The van der Waals surface area contributed by atoms with Gasteiger partial charge < -0.3 is 24.3 Å². The standard InChI is InChI=1S/C23H26FN3O5S/c1-12-19-21(25-11-26-22(19)33-20(12)23(28)31-4)27-17-6-5-13(24)7-18(17)32-16-9-14(29-2)8-15(10-16)30-3/h5-7,11,14-16H,8-10H2,1-4H3,(H,25,26,27)/t14-,15+,16-. The molecule has 0 unspecified atom stereocenters. The van der Waals surface area contributed by atoms with Crippen molar-refractivity contribution in [1.29, 1.82) is 0 Å². The normalized spacial score (nSPS) is 20.6. The number of methoxy groups -OCH3 is 3. The summed E-state index contributed by atoms with van der Waals surface area (Å²) in [6.45, 7) is 1.82. The highest BCUT2D eigenvalue weighted by Gasteiger charge is 2.31. The smallest absolute Gasteiger partial charge is 0.348 e. The molecule has 0 saturated heterocycles. The third-order valence-corrected chi connectivity index (χ3v) is 7.01. The maximum atomic E-state index is 14.1. The molecule has 1 aliphatic rings. The molecule has 2 aromatic heterocycles. The highest BCUT2D eigenvalue weighted by Crippen LogP contribution is 2.38. The number of carbonyl (C=O) groups excluding carboxylic acids is 1. The number of hydrogen-bond acceptors (Lipinski definition) is 9. The van der Waals surface area contributed by atoms with E-state index >= 15 is 0 Å². The first kappa shape index (κ1) is 23.3. The topological polar surface area (TPSA) is 91.8 Å². The Balaban J connectivity index is 1.65. The summed E-state index contributed by atoms with van der Waals surface area (Å²) in [5, 5.41) is 3.95. The SMILES string of the molecule is COC(=O)c1sc2ncnc(Nc3ccc(F)cc3O[C@@H]3C[C@H](OC)C[C@H](OC)C3)c2c1C. The summed E-state index contributed by atoms with van der Waals surface area (Å²) < 4.78 is 36.3. The van der Waals surface area contributed by atoms with Crippen LogP contribution in [0.5, 0.6) is 5.75 Å². The van der Waals surface area contributed by atoms with Crippen molar-refractivity contribution in [2.24, 2.45) is 0 Å². The molecule has 8 nitrogen and oxygen atoms in total. The minimum absolute atomic E-state index is 0.00496. The van der Waals surface area contributed by atoms with Crippen LogP contribution in [0.2, 0.25) is 0 Å². The molecule has 4 rings (SSSR count). The molecule has 0 amide bonds. The average molecular weight is 476 g/mol. The summed E-state index contributed by atoms with van der Waals surface area (Å²) in [5.41, 5.74) is 1.27. The van der Waals surface area contributed by atoms with E-state index in [0.29, 0.717) is 50.8 Å². The third kappa shape index (κ3) is 4.92. The Morgan fingerprint density at radius 1 is 1.09 bits per heavy atom. The number of halogens is 1.